The van der Waals surface area contributed by atoms with E-state index in [4.69, 9.17) is 0 Å². The maximum Gasteiger partial charge on any atom is 0.440 e. The minimum absolute atomic E-state index is 0.0183. The number of carbonyl (C=O) groups is 3. The number of thiophene rings is 1. The Morgan fingerprint density at radius 3 is 2.41 bits per heavy atom. The quantitative estimate of drug-likeness (QED) is 0.779. The van der Waals surface area contributed by atoms with Gasteiger partial charge < -0.3 is 5.32 Å². The van der Waals surface area contributed by atoms with Gasteiger partial charge in [-0.2, -0.15) is 13.2 Å². The monoisotopic (exact) mass is 397 g/mol. The summed E-state index contributed by atoms with van der Waals surface area (Å²) in [5.41, 5.74) is -3.04. The Balaban J connectivity index is 1.97. The zero-order valence-corrected chi connectivity index (χ0v) is 14.7. The van der Waals surface area contributed by atoms with Gasteiger partial charge in [-0.3, -0.25) is 19.8 Å². The predicted molar refractivity (Wildman–Crippen MR) is 90.8 cm³/mol. The summed E-state index contributed by atoms with van der Waals surface area (Å²) in [6.45, 7) is 1.43. The summed E-state index contributed by atoms with van der Waals surface area (Å²) in [5, 5.41) is 4.82. The Labute approximate surface area is 156 Å². The number of carbonyl (C=O) groups excluding carboxylic acids is 3. The molecule has 6 nitrogen and oxygen atoms in total. The molecule has 0 saturated carbocycles. The molecule has 0 unspecified atom stereocenters. The van der Waals surface area contributed by atoms with Crippen molar-refractivity contribution in [3.8, 4) is 0 Å². The Hall–Kier alpha value is -2.88. The average Bonchev–Trinajstić information content (AvgIpc) is 3.23. The first kappa shape index (κ1) is 18.9. The topological polar surface area (TPSA) is 78.5 Å². The van der Waals surface area contributed by atoms with Gasteiger partial charge in [0.1, 0.15) is 0 Å². The molecule has 0 aliphatic carbocycles. The first-order valence-corrected chi connectivity index (χ1v) is 8.69. The second-order valence-electron chi connectivity index (χ2n) is 5.87. The minimum atomic E-state index is -5.24. The lowest BCUT2D eigenvalue weighted by Gasteiger charge is -2.30. The van der Waals surface area contributed by atoms with E-state index in [9.17, 15) is 27.6 Å². The van der Waals surface area contributed by atoms with Crippen molar-refractivity contribution < 1.29 is 27.6 Å². The molecule has 3 rings (SSSR count). The number of hydrogen-bond donors (Lipinski definition) is 2. The number of benzene rings is 1. The van der Waals surface area contributed by atoms with Crippen LogP contribution < -0.4 is 10.6 Å². The van der Waals surface area contributed by atoms with Gasteiger partial charge in [0.15, 0.2) is 0 Å². The highest BCUT2D eigenvalue weighted by atomic mass is 32.1. The van der Waals surface area contributed by atoms with Gasteiger partial charge in [0.2, 0.25) is 0 Å². The van der Waals surface area contributed by atoms with Gasteiger partial charge >= 0.3 is 12.2 Å². The van der Waals surface area contributed by atoms with Crippen LogP contribution in [0.15, 0.2) is 47.8 Å². The Morgan fingerprint density at radius 1 is 1.19 bits per heavy atom. The fourth-order valence-corrected chi connectivity index (χ4v) is 3.39. The molecule has 2 heterocycles. The highest BCUT2D eigenvalue weighted by Gasteiger charge is 2.69. The van der Waals surface area contributed by atoms with Crippen molar-refractivity contribution in [3.05, 3.63) is 58.3 Å². The van der Waals surface area contributed by atoms with Gasteiger partial charge in [0, 0.05) is 0 Å². The second-order valence-corrected chi connectivity index (χ2v) is 6.82. The molecule has 2 atom stereocenters. The number of halogens is 3. The van der Waals surface area contributed by atoms with Gasteiger partial charge in [0.25, 0.3) is 17.5 Å². The second kappa shape index (κ2) is 6.69. The molecular formula is C17H14F3N3O3S. The Kier molecular flexibility index (Phi) is 4.68. The smallest absolute Gasteiger partial charge is 0.313 e. The van der Waals surface area contributed by atoms with E-state index in [0.717, 1.165) is 11.3 Å². The van der Waals surface area contributed by atoms with Crippen molar-refractivity contribution in [1.82, 2.24) is 15.5 Å². The number of amides is 4. The van der Waals surface area contributed by atoms with Crippen LogP contribution in [0.1, 0.15) is 28.2 Å². The largest absolute Gasteiger partial charge is 0.440 e. The third-order valence-corrected chi connectivity index (χ3v) is 5.06. The third-order valence-electron chi connectivity index (χ3n) is 4.19. The van der Waals surface area contributed by atoms with Crippen LogP contribution >= 0.6 is 11.3 Å². The number of nitrogens with one attached hydrogen (secondary N) is 2. The SMILES string of the molecule is C[C@H](c1ccccc1)N1C(=O)N[C@@](NC(=O)c2cccs2)(C(F)(F)F)C1=O. The summed E-state index contributed by atoms with van der Waals surface area (Å²) in [7, 11) is 0. The van der Waals surface area contributed by atoms with Gasteiger partial charge in [-0.1, -0.05) is 36.4 Å². The number of nitrogens with zero attached hydrogens (tertiary/aromatic N) is 1. The van der Waals surface area contributed by atoms with Crippen LogP contribution in [0.4, 0.5) is 18.0 Å². The normalized spacial score (nSPS) is 21.1. The standard InChI is InChI=1S/C17H14F3N3O3S/c1-10(11-6-3-2-4-7-11)23-14(25)16(17(18,19)20,22-15(23)26)21-13(24)12-8-5-9-27-12/h2-10H,1H3,(H,21,24)(H,22,26)/t10-,16-/m1/s1. The van der Waals surface area contributed by atoms with Gasteiger partial charge in [-0.05, 0) is 23.9 Å². The predicted octanol–water partition coefficient (Wildman–Crippen LogP) is 3.05. The van der Waals surface area contributed by atoms with E-state index in [0.29, 0.717) is 10.5 Å². The lowest BCUT2D eigenvalue weighted by atomic mass is 10.1. The average molecular weight is 397 g/mol. The highest BCUT2D eigenvalue weighted by Crippen LogP contribution is 2.37. The molecule has 27 heavy (non-hydrogen) atoms. The van der Waals surface area contributed by atoms with E-state index in [1.807, 2.05) is 0 Å². The molecule has 1 saturated heterocycles. The molecule has 1 aliphatic rings. The van der Waals surface area contributed by atoms with Gasteiger partial charge in [0.05, 0.1) is 10.9 Å². The molecule has 0 spiro atoms. The van der Waals surface area contributed by atoms with E-state index in [1.54, 1.807) is 41.0 Å². The van der Waals surface area contributed by atoms with E-state index in [-0.39, 0.29) is 4.88 Å². The van der Waals surface area contributed by atoms with Crippen LogP contribution in [-0.4, -0.2) is 34.6 Å². The van der Waals surface area contributed by atoms with Crippen molar-refractivity contribution in [3.63, 3.8) is 0 Å². The zero-order chi connectivity index (χ0) is 19.8. The van der Waals surface area contributed by atoms with Crippen LogP contribution in [0, 0.1) is 0 Å². The van der Waals surface area contributed by atoms with E-state index >= 15 is 0 Å². The van der Waals surface area contributed by atoms with Crippen molar-refractivity contribution in [1.29, 1.82) is 0 Å². The summed E-state index contributed by atoms with van der Waals surface area (Å²) >= 11 is 0.913. The number of hydrogen-bond acceptors (Lipinski definition) is 4. The number of rotatable bonds is 4. The van der Waals surface area contributed by atoms with Gasteiger partial charge in [-0.25, -0.2) is 4.79 Å². The maximum absolute atomic E-state index is 13.8. The maximum atomic E-state index is 13.8. The van der Waals surface area contributed by atoms with Crippen LogP contribution in [0.3, 0.4) is 0 Å². The lowest BCUT2D eigenvalue weighted by Crippen LogP contribution is -2.69. The van der Waals surface area contributed by atoms with Crippen molar-refractivity contribution >= 4 is 29.2 Å². The first-order valence-electron chi connectivity index (χ1n) is 7.81. The summed E-state index contributed by atoms with van der Waals surface area (Å²) in [4.78, 5) is 37.6. The third kappa shape index (κ3) is 3.16. The fourth-order valence-electron chi connectivity index (χ4n) is 2.77. The molecule has 2 N–H and O–H groups in total. The molecule has 0 radical (unpaired) electrons. The molecule has 0 bridgehead atoms. The minimum Gasteiger partial charge on any atom is -0.313 e. The molecule has 2 aromatic rings. The number of alkyl halides is 3. The van der Waals surface area contributed by atoms with Crippen LogP contribution in [0.5, 0.6) is 0 Å². The van der Waals surface area contributed by atoms with Crippen LogP contribution in [0.2, 0.25) is 0 Å². The van der Waals surface area contributed by atoms with Crippen molar-refractivity contribution in [2.24, 2.45) is 0 Å². The van der Waals surface area contributed by atoms with Crippen LogP contribution in [0.25, 0.3) is 0 Å². The molecule has 142 valence electrons. The number of imide groups is 1. The lowest BCUT2D eigenvalue weighted by molar-refractivity contribution is -0.200. The van der Waals surface area contributed by atoms with E-state index in [2.05, 4.69) is 0 Å². The summed E-state index contributed by atoms with van der Waals surface area (Å²) in [6, 6.07) is 8.76. The zero-order valence-electron chi connectivity index (χ0n) is 13.9. The first-order chi connectivity index (χ1) is 12.7. The summed E-state index contributed by atoms with van der Waals surface area (Å²) < 4.78 is 41.4. The summed E-state index contributed by atoms with van der Waals surface area (Å²) in [5.74, 6) is -2.69. The molecule has 10 heteroatoms. The molecule has 4 amide bonds. The highest BCUT2D eigenvalue weighted by molar-refractivity contribution is 7.12. The molecule has 1 aromatic carbocycles. The molecule has 1 fully saturated rings. The molecular weight excluding hydrogens is 383 g/mol. The van der Waals surface area contributed by atoms with Crippen molar-refractivity contribution in [2.75, 3.05) is 0 Å². The number of urea groups is 1. The van der Waals surface area contributed by atoms with E-state index < -0.39 is 35.7 Å². The Bertz CT molecular complexity index is 871. The van der Waals surface area contributed by atoms with Gasteiger partial charge in [-0.15, -0.1) is 11.3 Å². The fraction of sp³-hybridized carbons (Fsp3) is 0.235. The summed E-state index contributed by atoms with van der Waals surface area (Å²) in [6.07, 6.45) is -5.24. The Morgan fingerprint density at radius 2 is 1.85 bits per heavy atom. The van der Waals surface area contributed by atoms with E-state index in [1.165, 1.54) is 24.4 Å². The molecule has 1 aliphatic heterocycles. The van der Waals surface area contributed by atoms with Crippen LogP contribution in [-0.2, 0) is 4.79 Å². The van der Waals surface area contributed by atoms with Crippen molar-refractivity contribution in [2.45, 2.75) is 24.8 Å². The molecule has 1 aromatic heterocycles.